The molecule has 5 rings (SSSR count). The molecule has 54 heavy (non-hydrogen) atoms. The summed E-state index contributed by atoms with van der Waals surface area (Å²) >= 11 is 0. The molecule has 0 aliphatic carbocycles. The maximum atomic E-state index is 9.95. The first-order valence-corrected chi connectivity index (χ1v) is 18.8. The van der Waals surface area contributed by atoms with Crippen molar-refractivity contribution >= 4 is 23.4 Å². The molecule has 319 valence electrons. The van der Waals surface area contributed by atoms with Crippen LogP contribution >= 0.6 is 23.4 Å². The van der Waals surface area contributed by atoms with Crippen molar-refractivity contribution in [3.8, 4) is 0 Å². The van der Waals surface area contributed by atoms with Crippen LogP contribution < -0.4 is 4.89 Å². The molecular weight excluding hydrogens is 999 g/mol. The van der Waals surface area contributed by atoms with E-state index in [2.05, 4.69) is 48.0 Å². The van der Waals surface area contributed by atoms with Crippen LogP contribution in [0, 0.1) is 6.92 Å². The van der Waals surface area contributed by atoms with E-state index in [1.54, 1.807) is 50.1 Å². The maximum absolute atomic E-state index is 10.7. The van der Waals surface area contributed by atoms with Crippen LogP contribution in [0.3, 0.4) is 0 Å². The molecule has 1 radical (unpaired) electrons. The third kappa shape index (κ3) is 74.1. The predicted octanol–water partition coefficient (Wildman–Crippen LogP) is 10.1. The molecule has 0 saturated carbocycles. The molecule has 4 heterocycles. The number of halogens is 12. The second-order valence-corrected chi connectivity index (χ2v) is 14.8. The number of rotatable bonds is 2. The van der Waals surface area contributed by atoms with Crippen molar-refractivity contribution in [1.82, 2.24) is 38.2 Å². The molecular formula is C25H38F12N8O5P3Re-5. The molecule has 1 aromatic carbocycles. The fourth-order valence-corrected chi connectivity index (χ4v) is 2.06. The largest absolute Gasteiger partial charge is 2.00 e. The van der Waals surface area contributed by atoms with Crippen molar-refractivity contribution in [2.75, 3.05) is 14.2 Å². The second-order valence-electron chi connectivity index (χ2n) is 9.30. The number of aromatic nitrogens is 8. The van der Waals surface area contributed by atoms with Crippen molar-refractivity contribution in [1.29, 1.82) is 0 Å². The Morgan fingerprint density at radius 1 is 0.556 bits per heavy atom. The van der Waals surface area contributed by atoms with Gasteiger partial charge in [-0.2, -0.15) is 0 Å². The molecule has 0 spiro atoms. The van der Waals surface area contributed by atoms with Gasteiger partial charge in [0.2, 0.25) is 0 Å². The van der Waals surface area contributed by atoms with Gasteiger partial charge in [0, 0.05) is 112 Å². The number of aryl methyl sites for hydroxylation is 5. The Morgan fingerprint density at radius 2 is 0.759 bits per heavy atom. The molecule has 0 bridgehead atoms. The van der Waals surface area contributed by atoms with Gasteiger partial charge in [0.1, 0.15) is 0 Å². The first-order valence-electron chi connectivity index (χ1n) is 13.2. The number of nitrogens with zero attached hydrogens (tertiary/aromatic N) is 8. The smallest absolute Gasteiger partial charge is 0 e. The van der Waals surface area contributed by atoms with E-state index in [1.165, 1.54) is 5.56 Å². The van der Waals surface area contributed by atoms with E-state index in [0.29, 0.717) is 0 Å². The van der Waals surface area contributed by atoms with E-state index in [-0.39, 0.29) is 25.9 Å². The van der Waals surface area contributed by atoms with Gasteiger partial charge >= 0.3 is 66.0 Å². The Labute approximate surface area is 316 Å². The zero-order chi connectivity index (χ0) is 41.5. The number of benzene rings is 1. The topological polar surface area (TPSA) is 158 Å². The number of phosphoric ester groups is 1. The minimum absolute atomic E-state index is 0. The van der Waals surface area contributed by atoms with Crippen molar-refractivity contribution in [2.45, 2.75) is 6.92 Å². The minimum atomic E-state index is -10.7. The zero-order valence-corrected chi connectivity index (χ0v) is 34.6. The summed E-state index contributed by atoms with van der Waals surface area (Å²) in [5.41, 5.74) is 1.32. The standard InChI is InChI=1S/C7H8.4C4H6N2.C2H7O4P.2F6P.O.Re/c1-7-5-3-2-4-6-7;4*1-6-3-2-5-4-6;1-5-7(3,4)6-2;2*1-7(2,3,4,5)6;;/h2-6H,1H3;4*2-4H,1H3;1-2H3,(H,3,4);;;;/q;;;;;;2*-1;-2;/p-1. The molecule has 29 heteroatoms. The van der Waals surface area contributed by atoms with E-state index in [4.69, 9.17) is 0 Å². The van der Waals surface area contributed by atoms with Crippen molar-refractivity contribution in [3.05, 3.63) is 111 Å². The van der Waals surface area contributed by atoms with E-state index in [1.807, 2.05) is 89.4 Å². The number of imidazole rings is 4. The van der Waals surface area contributed by atoms with Crippen LogP contribution in [-0.4, -0.2) is 52.4 Å². The summed E-state index contributed by atoms with van der Waals surface area (Å²) in [6.45, 7) is 2.08. The summed E-state index contributed by atoms with van der Waals surface area (Å²) in [5, 5.41) is 0. The summed E-state index contributed by atoms with van der Waals surface area (Å²) in [4.78, 5) is 25.1. The van der Waals surface area contributed by atoms with Gasteiger partial charge in [-0.3, -0.25) is 4.57 Å². The summed E-state index contributed by atoms with van der Waals surface area (Å²) in [5.74, 6) is 0. The van der Waals surface area contributed by atoms with Gasteiger partial charge in [0.25, 0.3) is 7.82 Å². The van der Waals surface area contributed by atoms with Crippen molar-refractivity contribution in [2.24, 2.45) is 28.2 Å². The number of hydrogen-bond donors (Lipinski definition) is 0. The van der Waals surface area contributed by atoms with Gasteiger partial charge < -0.3 is 37.7 Å². The van der Waals surface area contributed by atoms with Gasteiger partial charge in [-0.15, -0.1) is 0 Å². The summed E-state index contributed by atoms with van der Waals surface area (Å²) in [6.07, 6.45) is 21.6. The van der Waals surface area contributed by atoms with E-state index in [0.717, 1.165) is 14.2 Å². The molecule has 0 aliphatic rings. The van der Waals surface area contributed by atoms with Gasteiger partial charge in [0.15, 0.2) is 0 Å². The summed E-state index contributed by atoms with van der Waals surface area (Å²) in [6, 6.07) is 10.3. The second kappa shape index (κ2) is 23.7. The molecule has 0 fully saturated rings. The Kier molecular flexibility index (Phi) is 26.3. The average Bonchev–Trinajstić information content (AvgIpc) is 3.79. The van der Waals surface area contributed by atoms with Crippen molar-refractivity contribution < 1.29 is 94.8 Å². The van der Waals surface area contributed by atoms with Crippen LogP contribution in [0.25, 0.3) is 0 Å². The molecule has 0 aliphatic heterocycles. The molecule has 13 nitrogen and oxygen atoms in total. The third-order valence-corrected chi connectivity index (χ3v) is 4.83. The SMILES string of the molecule is COP(=O)([O-])OC.Cc1ccccc1.Cn1ccnc1.Cn1ccnc1.Cn1ccnc1.Cn1ccnc1.F[P-](F)(F)(F)(F)F.F[P-](F)(F)(F)(F)F.[O-2].[Re]. The summed E-state index contributed by atoms with van der Waals surface area (Å²) in [7, 11) is -15.4. The predicted molar refractivity (Wildman–Crippen MR) is 173 cm³/mol. The van der Waals surface area contributed by atoms with E-state index < -0.39 is 23.4 Å². The van der Waals surface area contributed by atoms with E-state index >= 15 is 0 Å². The van der Waals surface area contributed by atoms with Crippen molar-refractivity contribution in [3.63, 3.8) is 0 Å². The molecule has 4 aromatic heterocycles. The Balaban J connectivity index is -0.000000169. The molecule has 0 N–H and O–H groups in total. The van der Waals surface area contributed by atoms with Gasteiger partial charge in [-0.1, -0.05) is 35.9 Å². The number of phosphoric acid groups is 1. The fraction of sp³-hybridized carbons (Fsp3) is 0.280. The Bertz CT molecular complexity index is 1440. The van der Waals surface area contributed by atoms with Crippen LogP contribution in [0.4, 0.5) is 50.4 Å². The first kappa shape index (κ1) is 60.1. The Morgan fingerprint density at radius 3 is 0.815 bits per heavy atom. The van der Waals surface area contributed by atoms with Gasteiger partial charge in [-0.05, 0) is 6.92 Å². The third-order valence-electron chi connectivity index (χ3n) is 3.93. The molecule has 0 amide bonds. The van der Waals surface area contributed by atoms with Gasteiger partial charge in [0.05, 0.1) is 25.3 Å². The minimum Gasteiger partial charge on any atom is -2.00 e. The van der Waals surface area contributed by atoms with Crippen LogP contribution in [0.2, 0.25) is 0 Å². The van der Waals surface area contributed by atoms with Gasteiger partial charge in [-0.25, -0.2) is 19.9 Å². The van der Waals surface area contributed by atoms with Crippen LogP contribution in [0.1, 0.15) is 5.56 Å². The van der Waals surface area contributed by atoms with Crippen LogP contribution in [0.5, 0.6) is 0 Å². The normalized spacial score (nSPS) is 12.6. The quantitative estimate of drug-likeness (QED) is 0.125. The molecule has 5 aromatic rings. The zero-order valence-electron chi connectivity index (χ0n) is 29.2. The average molecular weight is 1040 g/mol. The summed E-state index contributed by atoms with van der Waals surface area (Å²) < 4.78 is 144. The maximum Gasteiger partial charge on any atom is 0 e. The molecule has 0 saturated heterocycles. The first-order chi connectivity index (χ1) is 23.0. The molecule has 0 unspecified atom stereocenters. The number of hydrogen-bond acceptors (Lipinski definition) is 8. The van der Waals surface area contributed by atoms with E-state index in [9.17, 15) is 59.8 Å². The monoisotopic (exact) mass is 1040 g/mol. The Hall–Kier alpha value is -3.19. The molecule has 0 atom stereocenters. The fourth-order valence-electron chi connectivity index (χ4n) is 1.91. The van der Waals surface area contributed by atoms with Crippen LogP contribution in [0.15, 0.2) is 105 Å². The van der Waals surface area contributed by atoms with Crippen LogP contribution in [-0.2, 0) is 67.7 Å².